The van der Waals surface area contributed by atoms with Crippen molar-refractivity contribution in [2.75, 3.05) is 6.61 Å². The highest BCUT2D eigenvalue weighted by molar-refractivity contribution is 4.65. The first-order chi connectivity index (χ1) is 6.04. The van der Waals surface area contributed by atoms with Gasteiger partial charge in [0.2, 0.25) is 0 Å². The average molecular weight is 190 g/mol. The fourth-order valence-corrected chi connectivity index (χ4v) is 0.612. The number of unbranched alkanes of at least 4 members (excludes halogenated alkanes) is 2. The molecule has 0 aliphatic heterocycles. The maximum Gasteiger partial charge on any atom is 0.0614 e. The Morgan fingerprint density at radius 3 is 1.54 bits per heavy atom. The molecule has 82 valence electrons. The monoisotopic (exact) mass is 190 g/mol. The Balaban J connectivity index is 0. The molecule has 0 rings (SSSR count). The van der Waals surface area contributed by atoms with Gasteiger partial charge in [-0.3, -0.25) is 0 Å². The van der Waals surface area contributed by atoms with Gasteiger partial charge >= 0.3 is 0 Å². The summed E-state index contributed by atoms with van der Waals surface area (Å²) < 4.78 is 0. The van der Waals surface area contributed by atoms with Crippen LogP contribution in [0.25, 0.3) is 0 Å². The molecule has 0 spiro atoms. The molecule has 2 nitrogen and oxygen atoms in total. The Kier molecular flexibility index (Phi) is 11.8. The van der Waals surface area contributed by atoms with Crippen LogP contribution in [-0.4, -0.2) is 22.4 Å². The average Bonchev–Trinajstić information content (AvgIpc) is 2.16. The SMILES string of the molecule is CCC(C)(O)CC.CCCCCO. The maximum absolute atomic E-state index is 9.13. The van der Waals surface area contributed by atoms with Crippen molar-refractivity contribution in [2.24, 2.45) is 0 Å². The zero-order chi connectivity index (χ0) is 10.7. The van der Waals surface area contributed by atoms with E-state index in [1.165, 1.54) is 6.42 Å². The first-order valence-electron chi connectivity index (χ1n) is 5.37. The van der Waals surface area contributed by atoms with Gasteiger partial charge in [0, 0.05) is 6.61 Å². The van der Waals surface area contributed by atoms with Crippen molar-refractivity contribution in [3.05, 3.63) is 0 Å². The summed E-state index contributed by atoms with van der Waals surface area (Å²) >= 11 is 0. The summed E-state index contributed by atoms with van der Waals surface area (Å²) in [4.78, 5) is 0. The first kappa shape index (κ1) is 15.4. The molecule has 0 saturated carbocycles. The van der Waals surface area contributed by atoms with Gasteiger partial charge in [-0.1, -0.05) is 33.6 Å². The molecule has 2 N–H and O–H groups in total. The van der Waals surface area contributed by atoms with Crippen molar-refractivity contribution in [3.63, 3.8) is 0 Å². The highest BCUT2D eigenvalue weighted by Gasteiger charge is 2.12. The smallest absolute Gasteiger partial charge is 0.0614 e. The second-order valence-electron chi connectivity index (χ2n) is 3.63. The molecular formula is C11H26O2. The minimum absolute atomic E-state index is 0.355. The van der Waals surface area contributed by atoms with Crippen LogP contribution < -0.4 is 0 Å². The van der Waals surface area contributed by atoms with E-state index in [1.807, 2.05) is 20.8 Å². The van der Waals surface area contributed by atoms with Gasteiger partial charge in [0.15, 0.2) is 0 Å². The summed E-state index contributed by atoms with van der Waals surface area (Å²) in [6.45, 7) is 8.31. The normalized spacial score (nSPS) is 10.6. The van der Waals surface area contributed by atoms with Crippen molar-refractivity contribution >= 4 is 0 Å². The van der Waals surface area contributed by atoms with Gasteiger partial charge in [-0.15, -0.1) is 0 Å². The van der Waals surface area contributed by atoms with Gasteiger partial charge < -0.3 is 10.2 Å². The van der Waals surface area contributed by atoms with Crippen molar-refractivity contribution in [1.29, 1.82) is 0 Å². The van der Waals surface area contributed by atoms with Crippen LogP contribution in [0.3, 0.4) is 0 Å². The molecule has 0 aromatic heterocycles. The van der Waals surface area contributed by atoms with Gasteiger partial charge in [-0.05, 0) is 26.2 Å². The van der Waals surface area contributed by atoms with Gasteiger partial charge in [-0.25, -0.2) is 0 Å². The Morgan fingerprint density at radius 1 is 1.00 bits per heavy atom. The van der Waals surface area contributed by atoms with Crippen LogP contribution in [0.15, 0.2) is 0 Å². The molecule has 0 heterocycles. The molecule has 0 unspecified atom stereocenters. The molecule has 0 aliphatic rings. The lowest BCUT2D eigenvalue weighted by atomic mass is 10.0. The number of hydrogen-bond acceptors (Lipinski definition) is 2. The van der Waals surface area contributed by atoms with Crippen molar-refractivity contribution < 1.29 is 10.2 Å². The van der Waals surface area contributed by atoms with Crippen molar-refractivity contribution in [1.82, 2.24) is 0 Å². The second kappa shape index (κ2) is 10.0. The molecular weight excluding hydrogens is 164 g/mol. The molecule has 0 bridgehead atoms. The molecule has 0 aliphatic carbocycles. The van der Waals surface area contributed by atoms with Crippen LogP contribution in [0.4, 0.5) is 0 Å². The van der Waals surface area contributed by atoms with Crippen molar-refractivity contribution in [3.8, 4) is 0 Å². The highest BCUT2D eigenvalue weighted by atomic mass is 16.3. The fraction of sp³-hybridized carbons (Fsp3) is 1.00. The number of rotatable bonds is 5. The summed E-state index contributed by atoms with van der Waals surface area (Å²) in [5.41, 5.74) is -0.417. The Hall–Kier alpha value is -0.0800. The van der Waals surface area contributed by atoms with Gasteiger partial charge in [0.25, 0.3) is 0 Å². The largest absolute Gasteiger partial charge is 0.396 e. The summed E-state index contributed by atoms with van der Waals surface area (Å²) in [7, 11) is 0. The van der Waals surface area contributed by atoms with E-state index in [0.29, 0.717) is 6.61 Å². The van der Waals surface area contributed by atoms with E-state index in [9.17, 15) is 0 Å². The predicted molar refractivity (Wildman–Crippen MR) is 57.8 cm³/mol. The van der Waals surface area contributed by atoms with E-state index in [2.05, 4.69) is 6.92 Å². The van der Waals surface area contributed by atoms with Crippen molar-refractivity contribution in [2.45, 2.75) is 65.4 Å². The molecule has 0 aromatic rings. The summed E-state index contributed by atoms with van der Waals surface area (Å²) in [6, 6.07) is 0. The quantitative estimate of drug-likeness (QED) is 0.654. The third kappa shape index (κ3) is 14.7. The Labute approximate surface area is 83.0 Å². The standard InChI is InChI=1S/C6H14O.C5H12O/c1-4-6(3,7)5-2;1-2-3-4-5-6/h7H,4-5H2,1-3H3;6H,2-5H2,1H3. The second-order valence-corrected chi connectivity index (χ2v) is 3.63. The van der Waals surface area contributed by atoms with E-state index >= 15 is 0 Å². The van der Waals surface area contributed by atoms with Crippen LogP contribution in [0.5, 0.6) is 0 Å². The van der Waals surface area contributed by atoms with E-state index in [0.717, 1.165) is 25.7 Å². The van der Waals surface area contributed by atoms with E-state index in [-0.39, 0.29) is 0 Å². The molecule has 13 heavy (non-hydrogen) atoms. The molecule has 0 aromatic carbocycles. The zero-order valence-corrected chi connectivity index (χ0v) is 9.64. The lowest BCUT2D eigenvalue weighted by molar-refractivity contribution is 0.0521. The van der Waals surface area contributed by atoms with Crippen LogP contribution >= 0.6 is 0 Å². The predicted octanol–water partition coefficient (Wildman–Crippen LogP) is 2.73. The summed E-state index contributed by atoms with van der Waals surface area (Å²) in [5, 5.41) is 17.3. The Morgan fingerprint density at radius 2 is 1.46 bits per heavy atom. The minimum Gasteiger partial charge on any atom is -0.396 e. The van der Waals surface area contributed by atoms with E-state index in [4.69, 9.17) is 10.2 Å². The molecule has 0 fully saturated rings. The first-order valence-corrected chi connectivity index (χ1v) is 5.37. The van der Waals surface area contributed by atoms with E-state index < -0.39 is 5.60 Å². The lowest BCUT2D eigenvalue weighted by Crippen LogP contribution is -2.20. The zero-order valence-electron chi connectivity index (χ0n) is 9.64. The fourth-order valence-electron chi connectivity index (χ4n) is 0.612. The molecule has 2 heteroatoms. The van der Waals surface area contributed by atoms with Crippen LogP contribution in [-0.2, 0) is 0 Å². The number of aliphatic hydroxyl groups excluding tert-OH is 1. The molecule has 0 atom stereocenters. The Bertz CT molecular complexity index is 80.1. The summed E-state index contributed by atoms with van der Waals surface area (Å²) in [6.07, 6.45) is 5.03. The molecule has 0 amide bonds. The number of aliphatic hydroxyl groups is 2. The van der Waals surface area contributed by atoms with Gasteiger partial charge in [0.05, 0.1) is 5.60 Å². The van der Waals surface area contributed by atoms with Gasteiger partial charge in [-0.2, -0.15) is 0 Å². The minimum atomic E-state index is -0.417. The van der Waals surface area contributed by atoms with Crippen LogP contribution in [0.1, 0.15) is 59.8 Å². The molecule has 0 radical (unpaired) electrons. The number of hydrogen-bond donors (Lipinski definition) is 2. The lowest BCUT2D eigenvalue weighted by Gasteiger charge is -2.17. The topological polar surface area (TPSA) is 40.5 Å². The van der Waals surface area contributed by atoms with Gasteiger partial charge in [0.1, 0.15) is 0 Å². The highest BCUT2D eigenvalue weighted by Crippen LogP contribution is 2.11. The third-order valence-corrected chi connectivity index (χ3v) is 2.29. The van der Waals surface area contributed by atoms with Crippen LogP contribution in [0, 0.1) is 0 Å². The third-order valence-electron chi connectivity index (χ3n) is 2.29. The van der Waals surface area contributed by atoms with Crippen LogP contribution in [0.2, 0.25) is 0 Å². The summed E-state index contributed by atoms with van der Waals surface area (Å²) in [5.74, 6) is 0. The van der Waals surface area contributed by atoms with E-state index in [1.54, 1.807) is 0 Å². The maximum atomic E-state index is 9.13. The molecule has 0 saturated heterocycles.